The molecule has 3 N–H and O–H groups in total. The molecule has 2 aromatic rings. The van der Waals surface area contributed by atoms with Gasteiger partial charge in [0.05, 0.1) is 16.6 Å². The van der Waals surface area contributed by atoms with Crippen molar-refractivity contribution in [2.75, 3.05) is 18.0 Å². The van der Waals surface area contributed by atoms with Gasteiger partial charge in [0.1, 0.15) is 5.82 Å². The van der Waals surface area contributed by atoms with E-state index in [4.69, 9.17) is 5.73 Å². The van der Waals surface area contributed by atoms with Gasteiger partial charge in [-0.15, -0.1) is 12.4 Å². The Kier molecular flexibility index (Phi) is 4.88. The standard InChI is InChI=1S/C18H23FN4O2.ClH/c1-9-15-13(17(24)21-18(25)23(15)12-3-4-12)7-14(19)16(9)22-6-5-11(8-22)10(2)20;/h7,10-12H,3-6,8,20H2,1-2H3,(H,21,24,25);1H/t10-,11+;/m1./s1. The summed E-state index contributed by atoms with van der Waals surface area (Å²) in [5.74, 6) is -0.0962. The summed E-state index contributed by atoms with van der Waals surface area (Å²) in [6.07, 6.45) is 2.73. The number of H-pyrrole nitrogens is 1. The van der Waals surface area contributed by atoms with Crippen molar-refractivity contribution >= 4 is 29.0 Å². The van der Waals surface area contributed by atoms with Crippen LogP contribution in [0.15, 0.2) is 15.7 Å². The zero-order chi connectivity index (χ0) is 17.9. The second kappa shape index (κ2) is 6.70. The van der Waals surface area contributed by atoms with E-state index in [1.54, 1.807) is 11.5 Å². The SMILES string of the molecule is Cc1c(N2CC[C@H]([C@@H](C)N)C2)c(F)cc2c(=O)[nH]c(=O)n(C3CC3)c12.Cl. The van der Waals surface area contributed by atoms with Gasteiger partial charge < -0.3 is 10.6 Å². The zero-order valence-corrected chi connectivity index (χ0v) is 15.7. The van der Waals surface area contributed by atoms with Gasteiger partial charge in [0.25, 0.3) is 5.56 Å². The number of aromatic nitrogens is 2. The Morgan fingerprint density at radius 1 is 1.31 bits per heavy atom. The first-order chi connectivity index (χ1) is 11.9. The number of aromatic amines is 1. The molecule has 1 aromatic heterocycles. The molecule has 8 heteroatoms. The van der Waals surface area contributed by atoms with Gasteiger partial charge in [0, 0.05) is 30.7 Å². The quantitative estimate of drug-likeness (QED) is 0.851. The molecule has 2 fully saturated rings. The molecule has 2 atom stereocenters. The fraction of sp³-hybridized carbons (Fsp3) is 0.556. The van der Waals surface area contributed by atoms with E-state index in [0.717, 1.165) is 25.8 Å². The Balaban J connectivity index is 0.00000196. The molecule has 1 aromatic carbocycles. The minimum absolute atomic E-state index is 0. The van der Waals surface area contributed by atoms with Crippen molar-refractivity contribution in [3.8, 4) is 0 Å². The molecule has 0 radical (unpaired) electrons. The van der Waals surface area contributed by atoms with E-state index in [9.17, 15) is 14.0 Å². The van der Waals surface area contributed by atoms with Crippen LogP contribution in [0.3, 0.4) is 0 Å². The van der Waals surface area contributed by atoms with Crippen LogP contribution in [0.2, 0.25) is 0 Å². The lowest BCUT2D eigenvalue weighted by atomic mass is 10.0. The molecule has 0 unspecified atom stereocenters. The van der Waals surface area contributed by atoms with Gasteiger partial charge in [-0.3, -0.25) is 14.3 Å². The number of aryl methyl sites for hydroxylation is 1. The van der Waals surface area contributed by atoms with E-state index in [0.29, 0.717) is 29.2 Å². The average Bonchev–Trinajstić information content (AvgIpc) is 3.25. The van der Waals surface area contributed by atoms with E-state index < -0.39 is 17.1 Å². The highest BCUT2D eigenvalue weighted by atomic mass is 35.5. The second-order valence-corrected chi connectivity index (χ2v) is 7.44. The number of nitrogens with zero attached hydrogens (tertiary/aromatic N) is 2. The van der Waals surface area contributed by atoms with Crippen molar-refractivity contribution in [1.29, 1.82) is 0 Å². The van der Waals surface area contributed by atoms with Crippen LogP contribution in [0.5, 0.6) is 0 Å². The largest absolute Gasteiger partial charge is 0.369 e. The lowest BCUT2D eigenvalue weighted by Gasteiger charge is -2.24. The molecule has 1 saturated heterocycles. The van der Waals surface area contributed by atoms with Gasteiger partial charge in [0.15, 0.2) is 0 Å². The lowest BCUT2D eigenvalue weighted by Crippen LogP contribution is -2.32. The Morgan fingerprint density at radius 2 is 2.00 bits per heavy atom. The summed E-state index contributed by atoms with van der Waals surface area (Å²) in [4.78, 5) is 28.9. The zero-order valence-electron chi connectivity index (χ0n) is 14.9. The molecule has 2 heterocycles. The van der Waals surface area contributed by atoms with Crippen molar-refractivity contribution < 1.29 is 4.39 Å². The molecule has 6 nitrogen and oxygen atoms in total. The van der Waals surface area contributed by atoms with Crippen LogP contribution in [0.4, 0.5) is 10.1 Å². The van der Waals surface area contributed by atoms with E-state index in [1.165, 1.54) is 6.07 Å². The van der Waals surface area contributed by atoms with Gasteiger partial charge in [-0.25, -0.2) is 9.18 Å². The van der Waals surface area contributed by atoms with Crippen molar-refractivity contribution in [3.05, 3.63) is 38.3 Å². The Bertz CT molecular complexity index is 964. The second-order valence-electron chi connectivity index (χ2n) is 7.44. The van der Waals surface area contributed by atoms with E-state index in [-0.39, 0.29) is 29.9 Å². The van der Waals surface area contributed by atoms with Crippen LogP contribution in [-0.4, -0.2) is 28.7 Å². The number of anilines is 1. The molecule has 0 bridgehead atoms. The number of rotatable bonds is 3. The van der Waals surface area contributed by atoms with Crippen LogP contribution in [0.25, 0.3) is 10.9 Å². The number of fused-ring (bicyclic) bond motifs is 1. The van der Waals surface area contributed by atoms with Gasteiger partial charge in [-0.2, -0.15) is 0 Å². The van der Waals surface area contributed by atoms with Gasteiger partial charge >= 0.3 is 5.69 Å². The van der Waals surface area contributed by atoms with E-state index in [2.05, 4.69) is 4.98 Å². The maximum Gasteiger partial charge on any atom is 0.329 e. The predicted octanol–water partition coefficient (Wildman–Crippen LogP) is 2.07. The molecule has 4 rings (SSSR count). The molecule has 26 heavy (non-hydrogen) atoms. The third-order valence-electron chi connectivity index (χ3n) is 5.58. The van der Waals surface area contributed by atoms with Gasteiger partial charge in [-0.1, -0.05) is 0 Å². The summed E-state index contributed by atoms with van der Waals surface area (Å²) in [5, 5.41) is 0.244. The fourth-order valence-electron chi connectivity index (χ4n) is 4.06. The third kappa shape index (κ3) is 2.93. The first kappa shape index (κ1) is 18.9. The molecular weight excluding hydrogens is 359 g/mol. The van der Waals surface area contributed by atoms with Crippen LogP contribution in [0.1, 0.15) is 37.8 Å². The molecule has 142 valence electrons. The first-order valence-electron chi connectivity index (χ1n) is 8.86. The van der Waals surface area contributed by atoms with Crippen LogP contribution < -0.4 is 21.9 Å². The summed E-state index contributed by atoms with van der Waals surface area (Å²) in [5.41, 5.74) is 6.80. The van der Waals surface area contributed by atoms with E-state index in [1.807, 2.05) is 11.8 Å². The topological polar surface area (TPSA) is 84.1 Å². The lowest BCUT2D eigenvalue weighted by molar-refractivity contribution is 0.487. The Morgan fingerprint density at radius 3 is 2.58 bits per heavy atom. The monoisotopic (exact) mass is 382 g/mol. The summed E-state index contributed by atoms with van der Waals surface area (Å²) in [6, 6.07) is 1.43. The van der Waals surface area contributed by atoms with Gasteiger partial charge in [0.2, 0.25) is 0 Å². The molecule has 1 aliphatic carbocycles. The highest BCUT2D eigenvalue weighted by molar-refractivity contribution is 5.87. The molecular formula is C18H24ClFN4O2. The molecule has 2 aliphatic rings. The number of nitrogens with one attached hydrogen (secondary N) is 1. The molecule has 1 aliphatic heterocycles. The van der Waals surface area contributed by atoms with Crippen molar-refractivity contribution in [2.24, 2.45) is 11.7 Å². The first-order valence-corrected chi connectivity index (χ1v) is 8.86. The normalized spacial score (nSPS) is 21.1. The van der Waals surface area contributed by atoms with E-state index >= 15 is 0 Å². The van der Waals surface area contributed by atoms with Crippen molar-refractivity contribution in [1.82, 2.24) is 9.55 Å². The molecule has 0 spiro atoms. The van der Waals surface area contributed by atoms with Crippen molar-refractivity contribution in [3.63, 3.8) is 0 Å². The Labute approximate surface area is 156 Å². The highest BCUT2D eigenvalue weighted by Gasteiger charge is 2.32. The van der Waals surface area contributed by atoms with Crippen LogP contribution >= 0.6 is 12.4 Å². The minimum Gasteiger partial charge on any atom is -0.369 e. The fourth-order valence-corrected chi connectivity index (χ4v) is 4.06. The number of halogens is 2. The third-order valence-corrected chi connectivity index (χ3v) is 5.58. The highest BCUT2D eigenvalue weighted by Crippen LogP contribution is 2.39. The summed E-state index contributed by atoms with van der Waals surface area (Å²) >= 11 is 0. The van der Waals surface area contributed by atoms with Crippen LogP contribution in [0, 0.1) is 18.7 Å². The predicted molar refractivity (Wildman–Crippen MR) is 103 cm³/mol. The summed E-state index contributed by atoms with van der Waals surface area (Å²) in [7, 11) is 0. The number of benzene rings is 1. The number of nitrogens with two attached hydrogens (primary N) is 1. The summed E-state index contributed by atoms with van der Waals surface area (Å²) in [6.45, 7) is 5.20. The molecule has 1 saturated carbocycles. The summed E-state index contributed by atoms with van der Waals surface area (Å²) < 4.78 is 16.5. The molecule has 0 amide bonds. The minimum atomic E-state index is -0.527. The van der Waals surface area contributed by atoms with Crippen molar-refractivity contribution in [2.45, 2.75) is 45.2 Å². The smallest absolute Gasteiger partial charge is 0.329 e. The number of hydrogen-bond acceptors (Lipinski definition) is 4. The maximum absolute atomic E-state index is 14.9. The number of hydrogen-bond donors (Lipinski definition) is 2. The average molecular weight is 383 g/mol. The van der Waals surface area contributed by atoms with Crippen LogP contribution in [-0.2, 0) is 0 Å². The van der Waals surface area contributed by atoms with Gasteiger partial charge in [-0.05, 0) is 45.1 Å². The Hall–Kier alpha value is -1.86. The maximum atomic E-state index is 14.9.